The molecule has 3 rings (SSSR count). The zero-order valence-corrected chi connectivity index (χ0v) is 16.6. The predicted molar refractivity (Wildman–Crippen MR) is 111 cm³/mol. The van der Waals surface area contributed by atoms with E-state index in [2.05, 4.69) is 0 Å². The molecule has 0 aliphatic carbocycles. The maximum Gasteiger partial charge on any atom is 0.341 e. The molecule has 144 valence electrons. The summed E-state index contributed by atoms with van der Waals surface area (Å²) in [5.41, 5.74) is 1.76. The Morgan fingerprint density at radius 2 is 1.79 bits per heavy atom. The Bertz CT molecular complexity index is 923. The summed E-state index contributed by atoms with van der Waals surface area (Å²) in [6.45, 7) is -0.00265. The largest absolute Gasteiger partial charge is 0.497 e. The summed E-state index contributed by atoms with van der Waals surface area (Å²) in [5, 5.41) is 8.63. The highest BCUT2D eigenvalue weighted by molar-refractivity contribution is 8.26. The summed E-state index contributed by atoms with van der Waals surface area (Å²) in [6, 6.07) is 14.3. The molecular formula is C20H17NO5S2. The van der Waals surface area contributed by atoms with E-state index in [0.717, 1.165) is 16.9 Å². The lowest BCUT2D eigenvalue weighted by Gasteiger charge is -2.14. The van der Waals surface area contributed by atoms with Crippen molar-refractivity contribution in [3.8, 4) is 11.5 Å². The average Bonchev–Trinajstić information content (AvgIpc) is 2.95. The third kappa shape index (κ3) is 4.90. The van der Waals surface area contributed by atoms with Gasteiger partial charge in [-0.3, -0.25) is 9.69 Å². The van der Waals surface area contributed by atoms with Gasteiger partial charge in [0.05, 0.1) is 18.6 Å². The van der Waals surface area contributed by atoms with Crippen molar-refractivity contribution in [2.24, 2.45) is 0 Å². The first kappa shape index (κ1) is 19.9. The van der Waals surface area contributed by atoms with Crippen molar-refractivity contribution < 1.29 is 24.2 Å². The normalized spacial score (nSPS) is 15.2. The molecule has 0 spiro atoms. The fourth-order valence-corrected chi connectivity index (χ4v) is 3.76. The van der Waals surface area contributed by atoms with Crippen LogP contribution in [0, 0.1) is 0 Å². The number of nitrogens with zero attached hydrogens (tertiary/aromatic N) is 1. The van der Waals surface area contributed by atoms with E-state index in [1.807, 2.05) is 24.3 Å². The number of amides is 1. The van der Waals surface area contributed by atoms with Crippen molar-refractivity contribution in [2.75, 3.05) is 13.7 Å². The number of carbonyl (C=O) groups is 2. The summed E-state index contributed by atoms with van der Waals surface area (Å²) < 4.78 is 10.8. The van der Waals surface area contributed by atoms with Crippen LogP contribution >= 0.6 is 24.0 Å². The van der Waals surface area contributed by atoms with Crippen LogP contribution in [-0.2, 0) is 16.1 Å². The minimum absolute atomic E-state index is 0.142. The lowest BCUT2D eigenvalue weighted by atomic mass is 10.2. The summed E-state index contributed by atoms with van der Waals surface area (Å²) >= 11 is 6.62. The summed E-state index contributed by atoms with van der Waals surface area (Å²) in [7, 11) is 1.60. The van der Waals surface area contributed by atoms with E-state index in [1.165, 1.54) is 11.8 Å². The van der Waals surface area contributed by atoms with Gasteiger partial charge in [-0.05, 0) is 41.5 Å². The molecular weight excluding hydrogens is 398 g/mol. The topological polar surface area (TPSA) is 76.1 Å². The molecule has 0 aromatic heterocycles. The zero-order chi connectivity index (χ0) is 20.1. The van der Waals surface area contributed by atoms with Gasteiger partial charge < -0.3 is 14.6 Å². The summed E-state index contributed by atoms with van der Waals surface area (Å²) in [6.07, 6.45) is 1.76. The van der Waals surface area contributed by atoms with Crippen LogP contribution in [0.1, 0.15) is 11.1 Å². The van der Waals surface area contributed by atoms with E-state index in [9.17, 15) is 9.59 Å². The maximum atomic E-state index is 12.7. The highest BCUT2D eigenvalue weighted by Gasteiger charge is 2.31. The Labute approximate surface area is 171 Å². The molecule has 1 saturated heterocycles. The summed E-state index contributed by atoms with van der Waals surface area (Å²) in [5.74, 6) is 0.0260. The first-order chi connectivity index (χ1) is 13.5. The number of hydrogen-bond acceptors (Lipinski definition) is 6. The van der Waals surface area contributed by atoms with Crippen molar-refractivity contribution in [1.29, 1.82) is 0 Å². The van der Waals surface area contributed by atoms with Gasteiger partial charge in [0.15, 0.2) is 6.61 Å². The number of carboxylic acid groups (broad SMARTS) is 1. The Balaban J connectivity index is 1.68. The highest BCUT2D eigenvalue weighted by atomic mass is 32.2. The third-order valence-corrected chi connectivity index (χ3v) is 5.29. The molecule has 2 aromatic carbocycles. The smallest absolute Gasteiger partial charge is 0.341 e. The second kappa shape index (κ2) is 8.90. The maximum absolute atomic E-state index is 12.7. The van der Waals surface area contributed by atoms with Gasteiger partial charge in [-0.15, -0.1) is 0 Å². The van der Waals surface area contributed by atoms with Crippen LogP contribution in [0.5, 0.6) is 11.5 Å². The van der Waals surface area contributed by atoms with Crippen LogP contribution in [0.2, 0.25) is 0 Å². The first-order valence-electron chi connectivity index (χ1n) is 8.29. The second-order valence-corrected chi connectivity index (χ2v) is 7.54. The molecule has 6 nitrogen and oxygen atoms in total. The molecule has 1 aliphatic heterocycles. The molecule has 28 heavy (non-hydrogen) atoms. The number of ether oxygens (including phenoxy) is 2. The van der Waals surface area contributed by atoms with E-state index in [-0.39, 0.29) is 5.91 Å². The minimum atomic E-state index is -1.04. The van der Waals surface area contributed by atoms with Gasteiger partial charge in [0, 0.05) is 0 Å². The molecule has 0 saturated carbocycles. The molecule has 1 heterocycles. The molecule has 1 N–H and O–H groups in total. The number of rotatable bonds is 7. The third-order valence-electron chi connectivity index (χ3n) is 3.91. The SMILES string of the molecule is COc1ccc(CN2C(=O)C(=Cc3ccc(OCC(=O)O)cc3)SC2=S)cc1. The monoisotopic (exact) mass is 415 g/mol. The predicted octanol–water partition coefficient (Wildman–Crippen LogP) is 3.56. The average molecular weight is 415 g/mol. The molecule has 0 radical (unpaired) electrons. The number of hydrogen-bond donors (Lipinski definition) is 1. The number of thioether (sulfide) groups is 1. The van der Waals surface area contributed by atoms with Crippen LogP contribution in [0.25, 0.3) is 6.08 Å². The minimum Gasteiger partial charge on any atom is -0.497 e. The molecule has 1 aliphatic rings. The number of aliphatic carboxylic acids is 1. The molecule has 2 aromatic rings. The fraction of sp³-hybridized carbons (Fsp3) is 0.150. The van der Waals surface area contributed by atoms with Crippen molar-refractivity contribution in [1.82, 2.24) is 4.90 Å². The molecule has 0 atom stereocenters. The van der Waals surface area contributed by atoms with Gasteiger partial charge in [-0.25, -0.2) is 4.79 Å². The lowest BCUT2D eigenvalue weighted by Crippen LogP contribution is -2.27. The fourth-order valence-electron chi connectivity index (χ4n) is 2.51. The van der Waals surface area contributed by atoms with Gasteiger partial charge in [0.2, 0.25) is 0 Å². The lowest BCUT2D eigenvalue weighted by molar-refractivity contribution is -0.139. The van der Waals surface area contributed by atoms with Crippen molar-refractivity contribution in [3.05, 3.63) is 64.6 Å². The second-order valence-electron chi connectivity index (χ2n) is 5.87. The van der Waals surface area contributed by atoms with E-state index < -0.39 is 12.6 Å². The number of methoxy groups -OCH3 is 1. The quantitative estimate of drug-likeness (QED) is 0.547. The van der Waals surface area contributed by atoms with Gasteiger partial charge in [0.1, 0.15) is 15.8 Å². The summed E-state index contributed by atoms with van der Waals surface area (Å²) in [4.78, 5) is 25.4. The zero-order valence-electron chi connectivity index (χ0n) is 15.0. The Kier molecular flexibility index (Phi) is 6.33. The number of thiocarbonyl (C=S) groups is 1. The number of carboxylic acids is 1. The Morgan fingerprint density at radius 3 is 2.39 bits per heavy atom. The number of benzene rings is 2. The molecule has 0 bridgehead atoms. The molecule has 8 heteroatoms. The van der Waals surface area contributed by atoms with Crippen LogP contribution in [0.15, 0.2) is 53.4 Å². The van der Waals surface area contributed by atoms with E-state index in [4.69, 9.17) is 26.8 Å². The van der Waals surface area contributed by atoms with Gasteiger partial charge in [0.25, 0.3) is 5.91 Å². The van der Waals surface area contributed by atoms with Crippen LogP contribution < -0.4 is 9.47 Å². The Hall–Kier alpha value is -2.84. The molecule has 1 amide bonds. The van der Waals surface area contributed by atoms with Gasteiger partial charge >= 0.3 is 5.97 Å². The molecule has 1 fully saturated rings. The van der Waals surface area contributed by atoms with Gasteiger partial charge in [-0.2, -0.15) is 0 Å². The first-order valence-corrected chi connectivity index (χ1v) is 9.51. The Morgan fingerprint density at radius 1 is 1.14 bits per heavy atom. The van der Waals surface area contributed by atoms with Crippen molar-refractivity contribution in [2.45, 2.75) is 6.54 Å². The van der Waals surface area contributed by atoms with Crippen LogP contribution in [-0.4, -0.2) is 39.9 Å². The van der Waals surface area contributed by atoms with Crippen LogP contribution in [0.4, 0.5) is 0 Å². The van der Waals surface area contributed by atoms with Crippen molar-refractivity contribution >= 4 is 46.3 Å². The standard InChI is InChI=1S/C20H17NO5S2/c1-25-15-6-4-14(5-7-15)11-21-19(24)17(28-20(21)27)10-13-2-8-16(9-3-13)26-12-18(22)23/h2-10H,11-12H2,1H3,(H,22,23). The van der Waals surface area contributed by atoms with Crippen molar-refractivity contribution in [3.63, 3.8) is 0 Å². The number of carbonyl (C=O) groups excluding carboxylic acids is 1. The molecule has 0 unspecified atom stereocenters. The van der Waals surface area contributed by atoms with E-state index in [1.54, 1.807) is 42.4 Å². The van der Waals surface area contributed by atoms with E-state index in [0.29, 0.717) is 21.5 Å². The van der Waals surface area contributed by atoms with Gasteiger partial charge in [-0.1, -0.05) is 48.2 Å². The highest BCUT2D eigenvalue weighted by Crippen LogP contribution is 2.34. The van der Waals surface area contributed by atoms with Crippen LogP contribution in [0.3, 0.4) is 0 Å². The van der Waals surface area contributed by atoms with E-state index >= 15 is 0 Å².